The molecule has 0 fully saturated rings. The third-order valence-corrected chi connectivity index (χ3v) is 2.06. The predicted octanol–water partition coefficient (Wildman–Crippen LogP) is 1.67. The van der Waals surface area contributed by atoms with Gasteiger partial charge in [0, 0.05) is 0 Å². The van der Waals surface area contributed by atoms with Crippen molar-refractivity contribution in [2.24, 2.45) is 0 Å². The van der Waals surface area contributed by atoms with Crippen LogP contribution in [0.3, 0.4) is 0 Å². The van der Waals surface area contributed by atoms with Crippen LogP contribution in [0.2, 0.25) is 0 Å². The van der Waals surface area contributed by atoms with Crippen LogP contribution in [0.1, 0.15) is 33.5 Å². The highest BCUT2D eigenvalue weighted by atomic mass is 16.1. The molecule has 0 amide bonds. The number of hydrogen-bond donors (Lipinski definition) is 2. The van der Waals surface area contributed by atoms with E-state index in [1.165, 1.54) is 0 Å². The summed E-state index contributed by atoms with van der Waals surface area (Å²) in [5, 5.41) is 2.61. The molecule has 0 aliphatic heterocycles. The van der Waals surface area contributed by atoms with E-state index in [1.807, 2.05) is 58.3 Å². The minimum absolute atomic E-state index is 0.0625. The maximum absolute atomic E-state index is 11.6. The highest BCUT2D eigenvalue weighted by Gasteiger charge is 2.02. The lowest BCUT2D eigenvalue weighted by Gasteiger charge is -1.99. The lowest BCUT2D eigenvalue weighted by molar-refractivity contribution is -0.644. The summed E-state index contributed by atoms with van der Waals surface area (Å²) in [6.45, 7) is 8.69. The molecular formula is C14H24N3O+. The van der Waals surface area contributed by atoms with Crippen LogP contribution in [0.15, 0.2) is 29.1 Å². The maximum atomic E-state index is 11.6. The number of nitrogens with one attached hydrogen (secondary N) is 1. The molecule has 0 radical (unpaired) electrons. The van der Waals surface area contributed by atoms with Crippen molar-refractivity contribution < 1.29 is 5.32 Å². The van der Waals surface area contributed by atoms with Crippen molar-refractivity contribution in [1.82, 2.24) is 9.97 Å². The van der Waals surface area contributed by atoms with Gasteiger partial charge < -0.3 is 10.3 Å². The van der Waals surface area contributed by atoms with E-state index in [1.54, 1.807) is 6.07 Å². The number of aromatic amines is 1. The Hall–Kier alpha value is -1.68. The predicted molar refractivity (Wildman–Crippen MR) is 76.6 cm³/mol. The van der Waals surface area contributed by atoms with Crippen LogP contribution in [0.25, 0.3) is 10.9 Å². The third-order valence-electron chi connectivity index (χ3n) is 2.06. The smallest absolute Gasteiger partial charge is 0.258 e. The molecule has 0 unspecified atom stereocenters. The number of hydrogen-bond acceptors (Lipinski definition) is 2. The van der Waals surface area contributed by atoms with E-state index in [9.17, 15) is 4.79 Å². The Morgan fingerprint density at radius 2 is 1.78 bits per heavy atom. The number of benzene rings is 1. The number of quaternary nitrogens is 1. The fourth-order valence-electron chi connectivity index (χ4n) is 1.42. The number of para-hydroxylation sites is 1. The van der Waals surface area contributed by atoms with Crippen molar-refractivity contribution in [2.45, 2.75) is 34.2 Å². The van der Waals surface area contributed by atoms with Gasteiger partial charge in [0.25, 0.3) is 5.56 Å². The fourth-order valence-corrected chi connectivity index (χ4v) is 1.42. The van der Waals surface area contributed by atoms with Gasteiger partial charge >= 0.3 is 0 Å². The zero-order chi connectivity index (χ0) is 14.0. The maximum Gasteiger partial charge on any atom is 0.258 e. The molecule has 1 heterocycles. The summed E-state index contributed by atoms with van der Waals surface area (Å²) in [6.07, 6.45) is 0. The fraction of sp³-hybridized carbons (Fsp3) is 0.429. The molecule has 18 heavy (non-hydrogen) atoms. The summed E-state index contributed by atoms with van der Waals surface area (Å²) in [5.41, 5.74) is 0.695. The Morgan fingerprint density at radius 3 is 2.39 bits per heavy atom. The van der Waals surface area contributed by atoms with Crippen molar-refractivity contribution in [1.29, 1.82) is 0 Å². The summed E-state index contributed by atoms with van der Waals surface area (Å²) in [7, 11) is 1.94. The molecule has 0 bridgehead atoms. The largest absolute Gasteiger partial charge is 0.342 e. The van der Waals surface area contributed by atoms with E-state index in [-0.39, 0.29) is 5.56 Å². The number of aromatic nitrogens is 2. The molecule has 1 aromatic carbocycles. The van der Waals surface area contributed by atoms with Gasteiger partial charge in [-0.25, -0.2) is 4.98 Å². The van der Waals surface area contributed by atoms with Gasteiger partial charge in [0.2, 0.25) is 0 Å². The van der Waals surface area contributed by atoms with Gasteiger partial charge in [0.15, 0.2) is 5.82 Å². The lowest BCUT2D eigenvalue weighted by Crippen LogP contribution is -2.78. The first-order valence-corrected chi connectivity index (χ1v) is 6.57. The number of nitrogens with zero attached hydrogens (tertiary/aromatic N) is 1. The van der Waals surface area contributed by atoms with Gasteiger partial charge in [0.05, 0.1) is 18.0 Å². The minimum atomic E-state index is -0.0625. The van der Waals surface area contributed by atoms with Crippen molar-refractivity contribution >= 4 is 10.9 Å². The van der Waals surface area contributed by atoms with E-state index in [2.05, 4.69) is 9.97 Å². The molecular weight excluding hydrogens is 226 g/mol. The van der Waals surface area contributed by atoms with E-state index in [4.69, 9.17) is 0 Å². The van der Waals surface area contributed by atoms with Crippen LogP contribution >= 0.6 is 0 Å². The first-order chi connectivity index (χ1) is 8.81. The molecule has 0 aliphatic rings. The second-order valence-electron chi connectivity index (χ2n) is 3.14. The first-order valence-electron chi connectivity index (χ1n) is 6.57. The summed E-state index contributed by atoms with van der Waals surface area (Å²) < 4.78 is 0. The standard InChI is InChI=1S/C10H11N3O.2C2H6/c1-11-6-9-12-8-5-3-2-4-7(8)10(14)13-9;2*1-2/h2-5,11H,6H2,1H3,(H,12,13,14);2*1-2H3/p+1. The van der Waals surface area contributed by atoms with Gasteiger partial charge in [-0.3, -0.25) is 4.79 Å². The number of nitrogens with two attached hydrogens (primary N) is 1. The zero-order valence-corrected chi connectivity index (χ0v) is 11.9. The summed E-state index contributed by atoms with van der Waals surface area (Å²) >= 11 is 0. The van der Waals surface area contributed by atoms with E-state index in [0.29, 0.717) is 11.9 Å². The molecule has 0 saturated heterocycles. The molecule has 0 spiro atoms. The van der Waals surface area contributed by atoms with Gasteiger partial charge in [-0.1, -0.05) is 39.8 Å². The van der Waals surface area contributed by atoms with Gasteiger partial charge in [-0.05, 0) is 12.1 Å². The average Bonchev–Trinajstić information content (AvgIpc) is 2.44. The van der Waals surface area contributed by atoms with Gasteiger partial charge in [0.1, 0.15) is 6.54 Å². The van der Waals surface area contributed by atoms with Crippen LogP contribution in [0.4, 0.5) is 0 Å². The SMILES string of the molecule is CC.CC.C[NH2+]Cc1nc2ccccc2c(=O)[nH]1. The van der Waals surface area contributed by atoms with Crippen LogP contribution in [0, 0.1) is 0 Å². The molecule has 0 atom stereocenters. The summed E-state index contributed by atoms with van der Waals surface area (Å²) in [4.78, 5) is 18.7. The summed E-state index contributed by atoms with van der Waals surface area (Å²) in [6, 6.07) is 7.35. The normalized spacial score (nSPS) is 8.94. The molecule has 4 nitrogen and oxygen atoms in total. The van der Waals surface area contributed by atoms with Gasteiger partial charge in [-0.15, -0.1) is 0 Å². The Labute approximate surface area is 108 Å². The average molecular weight is 250 g/mol. The Balaban J connectivity index is 0.000000659. The van der Waals surface area contributed by atoms with E-state index >= 15 is 0 Å². The second-order valence-corrected chi connectivity index (χ2v) is 3.14. The molecule has 3 N–H and O–H groups in total. The molecule has 0 aliphatic carbocycles. The van der Waals surface area contributed by atoms with Crippen molar-refractivity contribution in [3.05, 3.63) is 40.4 Å². The number of fused-ring (bicyclic) bond motifs is 1. The van der Waals surface area contributed by atoms with Crippen LogP contribution in [-0.2, 0) is 6.54 Å². The van der Waals surface area contributed by atoms with E-state index < -0.39 is 0 Å². The lowest BCUT2D eigenvalue weighted by atomic mass is 10.2. The topological polar surface area (TPSA) is 62.4 Å². The third kappa shape index (κ3) is 4.30. The van der Waals surface area contributed by atoms with Crippen LogP contribution in [-0.4, -0.2) is 17.0 Å². The number of H-pyrrole nitrogens is 1. The Kier molecular flexibility index (Phi) is 8.49. The monoisotopic (exact) mass is 250 g/mol. The Morgan fingerprint density at radius 1 is 1.17 bits per heavy atom. The Bertz CT molecular complexity index is 506. The van der Waals surface area contributed by atoms with Gasteiger partial charge in [-0.2, -0.15) is 0 Å². The van der Waals surface area contributed by atoms with Crippen molar-refractivity contribution in [2.75, 3.05) is 7.05 Å². The molecule has 2 rings (SSSR count). The second kappa shape index (κ2) is 9.36. The molecule has 0 saturated carbocycles. The number of rotatable bonds is 2. The molecule has 100 valence electrons. The van der Waals surface area contributed by atoms with Crippen molar-refractivity contribution in [3.63, 3.8) is 0 Å². The first kappa shape index (κ1) is 16.3. The summed E-state index contributed by atoms with van der Waals surface area (Å²) in [5.74, 6) is 0.719. The van der Waals surface area contributed by atoms with Crippen LogP contribution < -0.4 is 10.9 Å². The van der Waals surface area contributed by atoms with E-state index in [0.717, 1.165) is 11.3 Å². The minimum Gasteiger partial charge on any atom is -0.342 e. The molecule has 1 aromatic heterocycles. The zero-order valence-electron chi connectivity index (χ0n) is 11.9. The molecule has 2 aromatic rings. The highest BCUT2D eigenvalue weighted by molar-refractivity contribution is 5.77. The quantitative estimate of drug-likeness (QED) is 0.851. The van der Waals surface area contributed by atoms with Crippen molar-refractivity contribution in [3.8, 4) is 0 Å². The van der Waals surface area contributed by atoms with Crippen LogP contribution in [0.5, 0.6) is 0 Å². The highest BCUT2D eigenvalue weighted by Crippen LogP contribution is 2.04. The molecule has 4 heteroatoms.